The molecule has 0 atom stereocenters. The van der Waals surface area contributed by atoms with Crippen LogP contribution in [0, 0.1) is 17.1 Å². The first-order valence-electron chi connectivity index (χ1n) is 7.89. The highest BCUT2D eigenvalue weighted by Crippen LogP contribution is 2.13. The van der Waals surface area contributed by atoms with Crippen molar-refractivity contribution >= 4 is 0 Å². The summed E-state index contributed by atoms with van der Waals surface area (Å²) < 4.78 is 13.6. The van der Waals surface area contributed by atoms with Crippen LogP contribution < -0.4 is 5.32 Å². The lowest BCUT2D eigenvalue weighted by molar-refractivity contribution is 0.243. The van der Waals surface area contributed by atoms with Gasteiger partial charge in [-0.25, -0.2) is 9.37 Å². The molecule has 0 unspecified atom stereocenters. The van der Waals surface area contributed by atoms with Crippen molar-refractivity contribution < 1.29 is 4.39 Å². The summed E-state index contributed by atoms with van der Waals surface area (Å²) >= 11 is 0. The van der Waals surface area contributed by atoms with Gasteiger partial charge in [0.2, 0.25) is 0 Å². The number of H-pyrrole nitrogens is 1. The zero-order chi connectivity index (χ0) is 16.1. The second kappa shape index (κ2) is 7.36. The van der Waals surface area contributed by atoms with E-state index in [0.29, 0.717) is 6.42 Å². The smallest absolute Gasteiger partial charge is 0.141 e. The van der Waals surface area contributed by atoms with Crippen molar-refractivity contribution in [2.24, 2.45) is 0 Å². The molecule has 1 aliphatic heterocycles. The lowest BCUT2D eigenvalue weighted by atomic mass is 10.1. The minimum Gasteiger partial charge on any atom is -0.346 e. The van der Waals surface area contributed by atoms with Crippen molar-refractivity contribution in [1.29, 1.82) is 5.26 Å². The summed E-state index contributed by atoms with van der Waals surface area (Å²) in [5.74, 6) is 0.347. The fourth-order valence-corrected chi connectivity index (χ4v) is 2.79. The molecule has 120 valence electrons. The van der Waals surface area contributed by atoms with Crippen LogP contribution in [0.25, 0.3) is 0 Å². The molecule has 0 spiro atoms. The number of benzene rings is 1. The van der Waals surface area contributed by atoms with Gasteiger partial charge in [0, 0.05) is 57.5 Å². The van der Waals surface area contributed by atoms with E-state index in [0.717, 1.165) is 56.2 Å². The summed E-state index contributed by atoms with van der Waals surface area (Å²) in [7, 11) is 0. The number of aromatic amines is 1. The maximum absolute atomic E-state index is 13.6. The van der Waals surface area contributed by atoms with Gasteiger partial charge in [-0.05, 0) is 17.7 Å². The molecular formula is C17H20FN5. The van der Waals surface area contributed by atoms with Crippen molar-refractivity contribution in [2.45, 2.75) is 12.8 Å². The zero-order valence-corrected chi connectivity index (χ0v) is 13.0. The third-order valence-electron chi connectivity index (χ3n) is 4.11. The second-order valence-corrected chi connectivity index (χ2v) is 5.80. The van der Waals surface area contributed by atoms with E-state index in [1.54, 1.807) is 6.07 Å². The molecule has 5 nitrogen and oxygen atoms in total. The fraction of sp³-hybridized carbons (Fsp3) is 0.412. The van der Waals surface area contributed by atoms with E-state index in [1.165, 1.54) is 12.1 Å². The molecule has 2 heterocycles. The average Bonchev–Trinajstić information content (AvgIpc) is 3.02. The van der Waals surface area contributed by atoms with Gasteiger partial charge in [0.1, 0.15) is 17.7 Å². The first-order valence-corrected chi connectivity index (χ1v) is 7.89. The van der Waals surface area contributed by atoms with E-state index in [4.69, 9.17) is 5.26 Å². The van der Waals surface area contributed by atoms with E-state index >= 15 is 0 Å². The third kappa shape index (κ3) is 4.15. The third-order valence-corrected chi connectivity index (χ3v) is 4.11. The molecule has 0 bridgehead atoms. The fourth-order valence-electron chi connectivity index (χ4n) is 2.79. The Hall–Kier alpha value is -2.23. The monoisotopic (exact) mass is 313 g/mol. The molecule has 1 fully saturated rings. The van der Waals surface area contributed by atoms with Gasteiger partial charge in [-0.3, -0.25) is 0 Å². The lowest BCUT2D eigenvalue weighted by Gasteiger charge is -2.26. The highest BCUT2D eigenvalue weighted by atomic mass is 19.1. The van der Waals surface area contributed by atoms with Crippen molar-refractivity contribution in [2.75, 3.05) is 32.7 Å². The number of piperazine rings is 1. The van der Waals surface area contributed by atoms with E-state index in [2.05, 4.69) is 20.2 Å². The Bertz CT molecular complexity index is 697. The van der Waals surface area contributed by atoms with Gasteiger partial charge >= 0.3 is 0 Å². The summed E-state index contributed by atoms with van der Waals surface area (Å²) in [5, 5.41) is 12.1. The Morgan fingerprint density at radius 3 is 2.87 bits per heavy atom. The van der Waals surface area contributed by atoms with Crippen LogP contribution in [0.15, 0.2) is 24.4 Å². The molecule has 3 rings (SSSR count). The van der Waals surface area contributed by atoms with Crippen LogP contribution in [0.1, 0.15) is 22.6 Å². The molecule has 1 aliphatic rings. The quantitative estimate of drug-likeness (QED) is 0.877. The zero-order valence-electron chi connectivity index (χ0n) is 13.0. The Balaban J connectivity index is 1.56. The summed E-state index contributed by atoms with van der Waals surface area (Å²) in [4.78, 5) is 10.1. The molecule has 2 N–H and O–H groups in total. The molecular weight excluding hydrogens is 293 g/mol. The van der Waals surface area contributed by atoms with E-state index in [-0.39, 0.29) is 5.56 Å². The minimum absolute atomic E-state index is 0.0740. The largest absolute Gasteiger partial charge is 0.346 e. The predicted octanol–water partition coefficient (Wildman–Crippen LogP) is 1.46. The van der Waals surface area contributed by atoms with Crippen LogP contribution in [0.2, 0.25) is 0 Å². The van der Waals surface area contributed by atoms with Crippen LogP contribution in [0.5, 0.6) is 0 Å². The summed E-state index contributed by atoms with van der Waals surface area (Å²) in [6.07, 6.45) is 3.34. The Labute approximate surface area is 135 Å². The summed E-state index contributed by atoms with van der Waals surface area (Å²) in [6, 6.07) is 6.52. The van der Waals surface area contributed by atoms with Gasteiger partial charge in [-0.15, -0.1) is 0 Å². The normalized spacial score (nSPS) is 15.5. The van der Waals surface area contributed by atoms with Crippen LogP contribution in [-0.2, 0) is 12.8 Å². The number of nitrogens with one attached hydrogen (secondary N) is 2. The molecule has 2 aromatic rings. The van der Waals surface area contributed by atoms with Crippen molar-refractivity contribution in [3.05, 3.63) is 52.9 Å². The minimum atomic E-state index is -0.476. The molecule has 0 saturated carbocycles. The molecule has 1 saturated heterocycles. The summed E-state index contributed by atoms with van der Waals surface area (Å²) in [6.45, 7) is 5.31. The van der Waals surface area contributed by atoms with Crippen LogP contribution in [0.4, 0.5) is 4.39 Å². The molecule has 0 aliphatic carbocycles. The Kier molecular flexibility index (Phi) is 5.01. The molecule has 0 amide bonds. The lowest BCUT2D eigenvalue weighted by Crippen LogP contribution is -2.44. The van der Waals surface area contributed by atoms with Crippen LogP contribution >= 0.6 is 0 Å². The average molecular weight is 313 g/mol. The Morgan fingerprint density at radius 1 is 1.30 bits per heavy atom. The topological polar surface area (TPSA) is 67.7 Å². The number of halogens is 1. The standard InChI is InChI=1S/C17H20FN5/c18-16-9-13(1-2-14(16)11-19)10-17-21-12-15(22-17)3-6-23-7-4-20-5-8-23/h1-2,9,12,20H,3-8,10H2,(H,21,22). The SMILES string of the molecule is N#Cc1ccc(Cc2ncc(CCN3CCNCC3)[nH]2)cc1F. The predicted molar refractivity (Wildman–Crippen MR) is 85.5 cm³/mol. The first-order chi connectivity index (χ1) is 11.2. The summed E-state index contributed by atoms with van der Waals surface area (Å²) in [5.41, 5.74) is 1.99. The van der Waals surface area contributed by atoms with Gasteiger partial charge in [-0.2, -0.15) is 5.26 Å². The number of aromatic nitrogens is 2. The van der Waals surface area contributed by atoms with E-state index in [9.17, 15) is 4.39 Å². The number of imidazole rings is 1. The van der Waals surface area contributed by atoms with Crippen LogP contribution in [-0.4, -0.2) is 47.6 Å². The maximum atomic E-state index is 13.6. The molecule has 1 aromatic carbocycles. The molecule has 6 heteroatoms. The number of nitrogens with zero attached hydrogens (tertiary/aromatic N) is 3. The number of nitriles is 1. The maximum Gasteiger partial charge on any atom is 0.141 e. The molecule has 0 radical (unpaired) electrons. The molecule has 23 heavy (non-hydrogen) atoms. The highest BCUT2D eigenvalue weighted by Gasteiger charge is 2.10. The van der Waals surface area contributed by atoms with Gasteiger partial charge < -0.3 is 15.2 Å². The van der Waals surface area contributed by atoms with Crippen LogP contribution in [0.3, 0.4) is 0 Å². The van der Waals surface area contributed by atoms with Gasteiger partial charge in [-0.1, -0.05) is 6.07 Å². The Morgan fingerprint density at radius 2 is 2.13 bits per heavy atom. The van der Waals surface area contributed by atoms with Crippen molar-refractivity contribution in [3.8, 4) is 6.07 Å². The van der Waals surface area contributed by atoms with E-state index in [1.807, 2.05) is 12.3 Å². The molecule has 1 aromatic heterocycles. The second-order valence-electron chi connectivity index (χ2n) is 5.80. The van der Waals surface area contributed by atoms with Crippen molar-refractivity contribution in [3.63, 3.8) is 0 Å². The van der Waals surface area contributed by atoms with Gasteiger partial charge in [0.25, 0.3) is 0 Å². The van der Waals surface area contributed by atoms with Crippen molar-refractivity contribution in [1.82, 2.24) is 20.2 Å². The van der Waals surface area contributed by atoms with E-state index < -0.39 is 5.82 Å². The van der Waals surface area contributed by atoms with Gasteiger partial charge in [0.15, 0.2) is 0 Å². The first kappa shape index (κ1) is 15.7. The van der Waals surface area contributed by atoms with Gasteiger partial charge in [0.05, 0.1) is 5.56 Å². The number of rotatable bonds is 5. The highest BCUT2D eigenvalue weighted by molar-refractivity contribution is 5.34. The number of hydrogen-bond donors (Lipinski definition) is 2. The number of hydrogen-bond acceptors (Lipinski definition) is 4.